The van der Waals surface area contributed by atoms with Crippen molar-refractivity contribution in [2.45, 2.75) is 50.8 Å². The van der Waals surface area contributed by atoms with Crippen LogP contribution in [0.1, 0.15) is 53.6 Å². The number of nitrogens with zero attached hydrogens (tertiary/aromatic N) is 4. The molecule has 18 nitrogen and oxygen atoms in total. The lowest BCUT2D eigenvalue weighted by atomic mass is 9.52. The number of rotatable bonds is 9. The molecule has 6 atom stereocenters. The molecule has 55 heavy (non-hydrogen) atoms. The summed E-state index contributed by atoms with van der Waals surface area (Å²) in [6.07, 6.45) is 0.532. The predicted octanol–water partition coefficient (Wildman–Crippen LogP) is 0.262. The van der Waals surface area contributed by atoms with Crippen LogP contribution in [0, 0.1) is 23.7 Å². The number of esters is 1. The fraction of sp³-hybridized carbons (Fsp3) is 0.514. The number of nitrogens with one attached hydrogen (secondary N) is 1. The number of phenols is 1. The summed E-state index contributed by atoms with van der Waals surface area (Å²) in [6, 6.07) is 3.34. The maximum atomic E-state index is 14.3. The van der Waals surface area contributed by atoms with Crippen molar-refractivity contribution in [2.75, 3.05) is 51.7 Å². The van der Waals surface area contributed by atoms with Gasteiger partial charge in [0.1, 0.15) is 18.0 Å². The molecule has 1 aromatic carbocycles. The Kier molecular flexibility index (Phi) is 10.7. The van der Waals surface area contributed by atoms with Crippen LogP contribution >= 0.6 is 0 Å². The summed E-state index contributed by atoms with van der Waals surface area (Å²) in [5, 5.41) is 26.0. The number of aliphatic hydroxyl groups is 1. The minimum atomic E-state index is -2.90. The highest BCUT2D eigenvalue weighted by atomic mass is 16.7. The topological polar surface area (TPSA) is 248 Å². The molecule has 3 aliphatic rings. The maximum Gasteiger partial charge on any atom is 0.413 e. The van der Waals surface area contributed by atoms with E-state index in [1.807, 2.05) is 0 Å². The number of carbonyl (C=O) groups is 8. The molecule has 0 spiro atoms. The van der Waals surface area contributed by atoms with E-state index in [2.05, 4.69) is 5.32 Å². The fourth-order valence-electron chi connectivity index (χ4n) is 8.01. The summed E-state index contributed by atoms with van der Waals surface area (Å²) in [5.41, 5.74) is 1.90. The number of nitrogens with two attached hydrogens (primary N) is 1. The number of hydrogen-bond donors (Lipinski definition) is 4. The Bertz CT molecular complexity index is 2000. The van der Waals surface area contributed by atoms with Crippen molar-refractivity contribution in [3.8, 4) is 5.75 Å². The number of ketones is 4. The van der Waals surface area contributed by atoms with E-state index < -0.39 is 107 Å². The van der Waals surface area contributed by atoms with Gasteiger partial charge in [0, 0.05) is 44.5 Å². The van der Waals surface area contributed by atoms with Gasteiger partial charge in [-0.1, -0.05) is 0 Å². The summed E-state index contributed by atoms with van der Waals surface area (Å²) < 4.78 is 11.7. The van der Waals surface area contributed by atoms with E-state index in [0.29, 0.717) is 11.3 Å². The van der Waals surface area contributed by atoms with E-state index in [4.69, 9.17) is 15.2 Å². The first-order valence-electron chi connectivity index (χ1n) is 17.5. The van der Waals surface area contributed by atoms with Crippen LogP contribution in [0.5, 0.6) is 5.75 Å². The highest BCUT2D eigenvalue weighted by molar-refractivity contribution is 6.32. The van der Waals surface area contributed by atoms with Gasteiger partial charge in [0.05, 0.1) is 23.2 Å². The molecule has 0 radical (unpaired) electrons. The number of hydrogen-bond acceptors (Lipinski definition) is 14. The second-order valence-electron chi connectivity index (χ2n) is 15.6. The molecule has 0 aliphatic heterocycles. The van der Waals surface area contributed by atoms with Gasteiger partial charge >= 0.3 is 12.1 Å². The van der Waals surface area contributed by atoms with Gasteiger partial charge in [0.25, 0.3) is 0 Å². The Morgan fingerprint density at radius 1 is 1.05 bits per heavy atom. The molecule has 2 saturated carbocycles. The minimum absolute atomic E-state index is 0.0133. The van der Waals surface area contributed by atoms with Crippen LogP contribution in [0.4, 0.5) is 16.2 Å². The fourth-order valence-corrected chi connectivity index (χ4v) is 8.01. The summed E-state index contributed by atoms with van der Waals surface area (Å²) in [5.74, 6) is -13.8. The first-order chi connectivity index (χ1) is 25.5. The molecule has 2 unspecified atom stereocenters. The SMILES string of the molecule is CN(C)c1cc(NC(=O)CN(C(=O)OCOC(=O)c2cccn2C)C(C)(C)C)c(O)c2c1C[C@H]1C[C@H]3[C@H](N(C)C)C(=O)C(C(N)=O)C(=O)[C@@]3(O)C(=O)C1C2=O. The molecule has 0 saturated heterocycles. The van der Waals surface area contributed by atoms with E-state index in [0.717, 1.165) is 4.90 Å². The molecule has 2 aromatic rings. The van der Waals surface area contributed by atoms with Crippen LogP contribution in [0.3, 0.4) is 0 Å². The van der Waals surface area contributed by atoms with Gasteiger partial charge in [0.2, 0.25) is 18.6 Å². The molecule has 0 bridgehead atoms. The Morgan fingerprint density at radius 2 is 1.71 bits per heavy atom. The molecule has 296 valence electrons. The van der Waals surface area contributed by atoms with Crippen LogP contribution in [-0.4, -0.2) is 130 Å². The number of phenolic OH excluding ortho intramolecular Hbond substituents is 1. The molecule has 1 heterocycles. The highest BCUT2D eigenvalue weighted by Crippen LogP contribution is 2.52. The van der Waals surface area contributed by atoms with Crippen molar-refractivity contribution in [3.05, 3.63) is 41.2 Å². The number of anilines is 2. The van der Waals surface area contributed by atoms with Crippen molar-refractivity contribution in [3.63, 3.8) is 0 Å². The Labute approximate surface area is 316 Å². The number of Topliss-reactive ketones (excluding diaryl/α,β-unsaturated/α-hetero) is 4. The maximum absolute atomic E-state index is 14.3. The van der Waals surface area contributed by atoms with Gasteiger partial charge in [-0.15, -0.1) is 0 Å². The Balaban J connectivity index is 1.42. The average molecular weight is 767 g/mol. The van der Waals surface area contributed by atoms with E-state index in [1.54, 1.807) is 59.1 Å². The zero-order valence-corrected chi connectivity index (χ0v) is 31.9. The van der Waals surface area contributed by atoms with Crippen LogP contribution in [0.2, 0.25) is 0 Å². The summed E-state index contributed by atoms with van der Waals surface area (Å²) in [6.45, 7) is 3.54. The standard InChI is InChI=1S/C37H46N6O12/c1-36(2,3)43(35(52)55-16-54-34(51)21-10-9-11-42(21)8)15-23(44)39-20-14-22(40(4)5)18-12-17-13-19-27(41(6)7)30(47)26(33(38)50)32(49)37(19,53)31(48)24(17)29(46)25(18)28(20)45/h9-11,14,17,19,24,26-27,45,53H,12-13,15-16H2,1-8H3,(H2,38,50)(H,39,44)/t17-,19-,24?,26?,27-,37-/m0/s1. The van der Waals surface area contributed by atoms with E-state index in [1.165, 1.54) is 35.7 Å². The van der Waals surface area contributed by atoms with E-state index >= 15 is 0 Å². The van der Waals surface area contributed by atoms with Gasteiger partial charge in [0.15, 0.2) is 34.7 Å². The van der Waals surface area contributed by atoms with Crippen molar-refractivity contribution < 1.29 is 58.0 Å². The smallest absolute Gasteiger partial charge is 0.413 e. The largest absolute Gasteiger partial charge is 0.505 e. The third kappa shape index (κ3) is 6.95. The third-order valence-electron chi connectivity index (χ3n) is 10.7. The predicted molar refractivity (Wildman–Crippen MR) is 193 cm³/mol. The minimum Gasteiger partial charge on any atom is -0.505 e. The first-order valence-corrected chi connectivity index (χ1v) is 17.5. The number of aromatic nitrogens is 1. The van der Waals surface area contributed by atoms with Crippen LogP contribution in [0.15, 0.2) is 24.4 Å². The van der Waals surface area contributed by atoms with Gasteiger partial charge in [-0.25, -0.2) is 9.59 Å². The summed E-state index contributed by atoms with van der Waals surface area (Å²) in [4.78, 5) is 111. The molecule has 5 N–H and O–H groups in total. The normalized spacial score (nSPS) is 24.7. The second kappa shape index (κ2) is 14.6. The molecular formula is C37H46N6O12. The quantitative estimate of drug-likeness (QED) is 0.116. The number of aromatic hydroxyl groups is 1. The number of fused-ring (bicyclic) bond motifs is 3. The van der Waals surface area contributed by atoms with Gasteiger partial charge < -0.3 is 40.2 Å². The number of carbonyl (C=O) groups excluding carboxylic acids is 8. The monoisotopic (exact) mass is 766 g/mol. The number of primary amides is 1. The van der Waals surface area contributed by atoms with Crippen LogP contribution in [-0.2, 0) is 46.9 Å². The third-order valence-corrected chi connectivity index (χ3v) is 10.7. The molecule has 2 fully saturated rings. The van der Waals surface area contributed by atoms with Crippen molar-refractivity contribution in [1.29, 1.82) is 0 Å². The Hall–Kier alpha value is -5.62. The van der Waals surface area contributed by atoms with E-state index in [9.17, 15) is 48.6 Å². The Morgan fingerprint density at radius 3 is 2.25 bits per heavy atom. The summed E-state index contributed by atoms with van der Waals surface area (Å²) in [7, 11) is 7.95. The molecule has 3 amide bonds. The number of ether oxygens (including phenoxy) is 2. The molecular weight excluding hydrogens is 720 g/mol. The van der Waals surface area contributed by atoms with Gasteiger partial charge in [-0.3, -0.25) is 38.6 Å². The lowest BCUT2D eigenvalue weighted by Gasteiger charge is -2.52. The number of aryl methyl sites for hydroxylation is 1. The zero-order valence-electron chi connectivity index (χ0n) is 31.9. The number of likely N-dealkylation sites (N-methyl/N-ethyl adjacent to an activating group) is 1. The zero-order chi connectivity index (χ0) is 41.1. The van der Waals surface area contributed by atoms with Crippen molar-refractivity contribution >= 4 is 58.4 Å². The highest BCUT2D eigenvalue weighted by Gasteiger charge is 2.69. The number of benzene rings is 1. The van der Waals surface area contributed by atoms with Gasteiger partial charge in [-0.05, 0) is 77.4 Å². The molecule has 3 aliphatic carbocycles. The second-order valence-corrected chi connectivity index (χ2v) is 15.6. The number of amides is 3. The van der Waals surface area contributed by atoms with Crippen LogP contribution < -0.4 is 16.0 Å². The summed E-state index contributed by atoms with van der Waals surface area (Å²) >= 11 is 0. The first kappa shape index (κ1) is 40.6. The molecule has 18 heteroatoms. The van der Waals surface area contributed by atoms with Crippen molar-refractivity contribution in [1.82, 2.24) is 14.4 Å². The molecule has 1 aromatic heterocycles. The lowest BCUT2D eigenvalue weighted by molar-refractivity contribution is -0.181. The van der Waals surface area contributed by atoms with Gasteiger partial charge in [-0.2, -0.15) is 0 Å². The van der Waals surface area contributed by atoms with Crippen molar-refractivity contribution in [2.24, 2.45) is 36.5 Å². The lowest BCUT2D eigenvalue weighted by Crippen LogP contribution is -2.74. The van der Waals surface area contributed by atoms with Crippen LogP contribution in [0.25, 0.3) is 0 Å². The van der Waals surface area contributed by atoms with E-state index in [-0.39, 0.29) is 29.8 Å². The molecule has 5 rings (SSSR count). The average Bonchev–Trinajstić information content (AvgIpc) is 3.51.